The van der Waals surface area contributed by atoms with Gasteiger partial charge in [-0.1, -0.05) is 43.1 Å². The molecule has 0 N–H and O–H groups in total. The van der Waals surface area contributed by atoms with Crippen molar-refractivity contribution < 1.29 is 0 Å². The minimum absolute atomic E-state index is 1.10. The summed E-state index contributed by atoms with van der Waals surface area (Å²) in [4.78, 5) is 4.41. The fourth-order valence-electron chi connectivity index (χ4n) is 1.18. The summed E-state index contributed by atoms with van der Waals surface area (Å²) in [5, 5.41) is 1.22. The van der Waals surface area contributed by atoms with Crippen LogP contribution in [0, 0.1) is 0 Å². The van der Waals surface area contributed by atoms with Crippen molar-refractivity contribution in [2.24, 2.45) is 0 Å². The molecule has 0 saturated heterocycles. The first kappa shape index (κ1) is 10.9. The number of hydrogen-bond acceptors (Lipinski definition) is 1. The second kappa shape index (κ2) is 4.38. The molecule has 0 aliphatic heterocycles. The molecule has 74 valence electrons. The van der Waals surface area contributed by atoms with Crippen LogP contribution >= 0.6 is 0 Å². The Kier molecular flexibility index (Phi) is 3.41. The van der Waals surface area contributed by atoms with E-state index in [1.807, 2.05) is 25.3 Å². The molecule has 0 aromatic carbocycles. The molecule has 0 atom stereocenters. The highest BCUT2D eigenvalue weighted by Gasteiger charge is 2.20. The van der Waals surface area contributed by atoms with Crippen LogP contribution in [0.1, 0.15) is 6.92 Å². The molecule has 0 radical (unpaired) electrons. The van der Waals surface area contributed by atoms with Gasteiger partial charge in [-0.25, -0.2) is 0 Å². The smallest absolute Gasteiger partial charge is 0.127 e. The Balaban J connectivity index is 2.91. The SMILES string of the molecule is C=C(C)/C=C/[Si](C)(C)c1ccccn1. The highest BCUT2D eigenvalue weighted by Crippen LogP contribution is 2.05. The third kappa shape index (κ3) is 2.96. The first-order valence-electron chi connectivity index (χ1n) is 4.78. The molecule has 2 heteroatoms. The van der Waals surface area contributed by atoms with Crippen LogP contribution in [0.3, 0.4) is 0 Å². The molecule has 0 unspecified atom stereocenters. The molecule has 1 heterocycles. The van der Waals surface area contributed by atoms with Crippen molar-refractivity contribution in [3.63, 3.8) is 0 Å². The molecule has 0 bridgehead atoms. The first-order chi connectivity index (χ1) is 6.52. The molecule has 0 amide bonds. The van der Waals surface area contributed by atoms with Gasteiger partial charge in [0.1, 0.15) is 8.07 Å². The van der Waals surface area contributed by atoms with E-state index < -0.39 is 8.07 Å². The highest BCUT2D eigenvalue weighted by atomic mass is 28.3. The van der Waals surface area contributed by atoms with Crippen LogP contribution in [0.15, 0.2) is 48.3 Å². The van der Waals surface area contributed by atoms with E-state index in [4.69, 9.17) is 0 Å². The summed E-state index contributed by atoms with van der Waals surface area (Å²) < 4.78 is 0. The number of nitrogens with zero attached hydrogens (tertiary/aromatic N) is 1. The van der Waals surface area contributed by atoms with Crippen molar-refractivity contribution in [1.29, 1.82) is 0 Å². The van der Waals surface area contributed by atoms with E-state index in [0.29, 0.717) is 0 Å². The van der Waals surface area contributed by atoms with Gasteiger partial charge in [0.05, 0.1) is 0 Å². The van der Waals surface area contributed by atoms with E-state index in [-0.39, 0.29) is 0 Å². The lowest BCUT2D eigenvalue weighted by molar-refractivity contribution is 1.37. The van der Waals surface area contributed by atoms with Crippen LogP contribution in [-0.4, -0.2) is 13.1 Å². The van der Waals surface area contributed by atoms with Crippen LogP contribution in [0.25, 0.3) is 0 Å². The van der Waals surface area contributed by atoms with Gasteiger partial charge in [0.25, 0.3) is 0 Å². The Hall–Kier alpha value is -1.15. The van der Waals surface area contributed by atoms with Gasteiger partial charge in [-0.15, -0.1) is 0 Å². The van der Waals surface area contributed by atoms with Crippen molar-refractivity contribution in [1.82, 2.24) is 4.98 Å². The van der Waals surface area contributed by atoms with E-state index in [1.165, 1.54) is 5.32 Å². The van der Waals surface area contributed by atoms with Crippen LogP contribution < -0.4 is 5.32 Å². The van der Waals surface area contributed by atoms with Crippen LogP contribution in [-0.2, 0) is 0 Å². The van der Waals surface area contributed by atoms with Gasteiger partial charge in [0.15, 0.2) is 0 Å². The zero-order chi connectivity index (χ0) is 10.6. The summed E-state index contributed by atoms with van der Waals surface area (Å²) in [5.41, 5.74) is 3.37. The third-order valence-corrected chi connectivity index (χ3v) is 4.73. The van der Waals surface area contributed by atoms with Crippen molar-refractivity contribution in [3.05, 3.63) is 48.3 Å². The molecule has 1 rings (SSSR count). The average molecular weight is 203 g/mol. The molecule has 1 aromatic rings. The Bertz CT molecular complexity index is 339. The number of pyridine rings is 1. The van der Waals surface area contributed by atoms with Gasteiger partial charge in [-0.3, -0.25) is 4.98 Å². The molecule has 0 saturated carbocycles. The summed E-state index contributed by atoms with van der Waals surface area (Å²) in [5.74, 6) is 0. The molecule has 14 heavy (non-hydrogen) atoms. The molecule has 1 nitrogen and oxygen atoms in total. The van der Waals surface area contributed by atoms with Gasteiger partial charge in [0, 0.05) is 11.5 Å². The zero-order valence-corrected chi connectivity index (χ0v) is 10.1. The van der Waals surface area contributed by atoms with Crippen LogP contribution in [0.5, 0.6) is 0 Å². The molecule has 0 aliphatic carbocycles. The largest absolute Gasteiger partial charge is 0.266 e. The van der Waals surface area contributed by atoms with Crippen molar-refractivity contribution in [2.45, 2.75) is 20.0 Å². The molecular weight excluding hydrogens is 186 g/mol. The Morgan fingerprint density at radius 1 is 1.43 bits per heavy atom. The fraction of sp³-hybridized carbons (Fsp3) is 0.250. The molecule has 0 aliphatic rings. The third-order valence-electron chi connectivity index (χ3n) is 2.11. The zero-order valence-electron chi connectivity index (χ0n) is 9.12. The summed E-state index contributed by atoms with van der Waals surface area (Å²) in [6, 6.07) is 6.11. The second-order valence-corrected chi connectivity index (χ2v) is 8.41. The minimum Gasteiger partial charge on any atom is -0.266 e. The lowest BCUT2D eigenvalue weighted by Gasteiger charge is -2.16. The molecule has 0 fully saturated rings. The standard InChI is InChI=1S/C12H17NSi/c1-11(2)8-10-14(3,4)12-7-5-6-9-13-12/h5-10H,1H2,2-4H3/b10-8+. The number of allylic oxidation sites excluding steroid dienone is 2. The summed E-state index contributed by atoms with van der Waals surface area (Å²) in [6.07, 6.45) is 3.96. The van der Waals surface area contributed by atoms with Gasteiger partial charge in [0.2, 0.25) is 0 Å². The van der Waals surface area contributed by atoms with E-state index in [9.17, 15) is 0 Å². The number of hydrogen-bond donors (Lipinski definition) is 0. The molecule has 1 aromatic heterocycles. The molecular formula is C12H17NSi. The minimum atomic E-state index is -1.49. The predicted octanol–water partition coefficient (Wildman–Crippen LogP) is 2.67. The lowest BCUT2D eigenvalue weighted by atomic mass is 10.4. The van der Waals surface area contributed by atoms with E-state index in [2.05, 4.69) is 42.5 Å². The maximum Gasteiger partial charge on any atom is 0.127 e. The highest BCUT2D eigenvalue weighted by molar-refractivity contribution is 6.93. The van der Waals surface area contributed by atoms with Gasteiger partial charge in [-0.2, -0.15) is 0 Å². The van der Waals surface area contributed by atoms with Gasteiger partial charge < -0.3 is 0 Å². The maximum atomic E-state index is 4.41. The maximum absolute atomic E-state index is 4.41. The monoisotopic (exact) mass is 203 g/mol. The average Bonchev–Trinajstić information content (AvgIpc) is 2.16. The second-order valence-electron chi connectivity index (χ2n) is 4.12. The van der Waals surface area contributed by atoms with E-state index in [0.717, 1.165) is 5.57 Å². The lowest BCUT2D eigenvalue weighted by Crippen LogP contribution is -2.41. The van der Waals surface area contributed by atoms with Gasteiger partial charge >= 0.3 is 0 Å². The summed E-state index contributed by atoms with van der Waals surface area (Å²) in [6.45, 7) is 10.5. The predicted molar refractivity (Wildman–Crippen MR) is 65.3 cm³/mol. The Morgan fingerprint density at radius 3 is 2.64 bits per heavy atom. The number of aromatic nitrogens is 1. The van der Waals surface area contributed by atoms with Crippen molar-refractivity contribution in [3.8, 4) is 0 Å². The Morgan fingerprint density at radius 2 is 2.14 bits per heavy atom. The molecule has 0 spiro atoms. The fourth-order valence-corrected chi connectivity index (χ4v) is 2.98. The Labute approximate surface area is 87.2 Å². The van der Waals surface area contributed by atoms with Crippen molar-refractivity contribution >= 4 is 13.4 Å². The van der Waals surface area contributed by atoms with Crippen LogP contribution in [0.4, 0.5) is 0 Å². The first-order valence-corrected chi connectivity index (χ1v) is 7.86. The van der Waals surface area contributed by atoms with Crippen molar-refractivity contribution in [2.75, 3.05) is 0 Å². The summed E-state index contributed by atoms with van der Waals surface area (Å²) in [7, 11) is -1.49. The normalized spacial score (nSPS) is 11.9. The van der Waals surface area contributed by atoms with E-state index in [1.54, 1.807) is 0 Å². The van der Waals surface area contributed by atoms with Gasteiger partial charge in [-0.05, 0) is 19.1 Å². The van der Waals surface area contributed by atoms with Crippen LogP contribution in [0.2, 0.25) is 13.1 Å². The van der Waals surface area contributed by atoms with E-state index >= 15 is 0 Å². The number of rotatable bonds is 3. The quantitative estimate of drug-likeness (QED) is 0.543. The summed E-state index contributed by atoms with van der Waals surface area (Å²) >= 11 is 0. The topological polar surface area (TPSA) is 12.9 Å².